The van der Waals surface area contributed by atoms with Crippen LogP contribution in [0.3, 0.4) is 0 Å². The standard InChI is InChI=1S/C10H14ClN/c1-8(12)2-3-9-4-6-10(11)7-5-9/h4-8H,2-3,12H2,1H3/t8-/m1/s1. The molecule has 1 aromatic rings. The molecule has 0 amide bonds. The molecule has 0 aliphatic rings. The molecule has 0 spiro atoms. The van der Waals surface area contributed by atoms with Gasteiger partial charge in [-0.3, -0.25) is 0 Å². The van der Waals surface area contributed by atoms with Crippen LogP contribution in [0, 0.1) is 0 Å². The minimum atomic E-state index is 0.278. The summed E-state index contributed by atoms with van der Waals surface area (Å²) in [6.07, 6.45) is 2.07. The molecule has 0 bridgehead atoms. The Balaban J connectivity index is 2.48. The van der Waals surface area contributed by atoms with E-state index in [9.17, 15) is 0 Å². The molecule has 0 radical (unpaired) electrons. The van der Waals surface area contributed by atoms with Crippen LogP contribution in [0.1, 0.15) is 18.9 Å². The molecule has 1 nitrogen and oxygen atoms in total. The molecule has 1 aromatic carbocycles. The van der Waals surface area contributed by atoms with Crippen molar-refractivity contribution in [1.29, 1.82) is 0 Å². The van der Waals surface area contributed by atoms with Crippen LogP contribution in [0.5, 0.6) is 0 Å². The van der Waals surface area contributed by atoms with Crippen molar-refractivity contribution in [3.63, 3.8) is 0 Å². The zero-order valence-corrected chi connectivity index (χ0v) is 8.01. The van der Waals surface area contributed by atoms with E-state index >= 15 is 0 Å². The predicted molar refractivity (Wildman–Crippen MR) is 53.4 cm³/mol. The van der Waals surface area contributed by atoms with E-state index in [0.29, 0.717) is 0 Å². The first-order valence-corrected chi connectivity index (χ1v) is 4.56. The third-order valence-electron chi connectivity index (χ3n) is 1.80. The monoisotopic (exact) mass is 183 g/mol. The Bertz CT molecular complexity index is 228. The molecule has 0 aliphatic heterocycles. The zero-order valence-electron chi connectivity index (χ0n) is 7.26. The van der Waals surface area contributed by atoms with E-state index in [2.05, 4.69) is 0 Å². The number of nitrogens with two attached hydrogens (primary N) is 1. The number of halogens is 1. The second-order valence-electron chi connectivity index (χ2n) is 3.14. The van der Waals surface area contributed by atoms with Gasteiger partial charge >= 0.3 is 0 Å². The van der Waals surface area contributed by atoms with E-state index in [0.717, 1.165) is 17.9 Å². The minimum absolute atomic E-state index is 0.278. The third-order valence-corrected chi connectivity index (χ3v) is 2.05. The van der Waals surface area contributed by atoms with Gasteiger partial charge in [0.25, 0.3) is 0 Å². The SMILES string of the molecule is C[C@@H](N)CCc1ccc(Cl)cc1. The summed E-state index contributed by atoms with van der Waals surface area (Å²) in [6.45, 7) is 2.02. The summed E-state index contributed by atoms with van der Waals surface area (Å²) in [5.41, 5.74) is 6.95. The van der Waals surface area contributed by atoms with Gasteiger partial charge in [-0.25, -0.2) is 0 Å². The van der Waals surface area contributed by atoms with Crippen molar-refractivity contribution in [3.8, 4) is 0 Å². The highest BCUT2D eigenvalue weighted by Gasteiger charge is 1.96. The van der Waals surface area contributed by atoms with Crippen molar-refractivity contribution in [2.24, 2.45) is 5.73 Å². The lowest BCUT2D eigenvalue weighted by atomic mass is 10.1. The summed E-state index contributed by atoms with van der Waals surface area (Å²) < 4.78 is 0. The maximum Gasteiger partial charge on any atom is 0.0406 e. The van der Waals surface area contributed by atoms with Crippen LogP contribution in [0.15, 0.2) is 24.3 Å². The Morgan fingerprint density at radius 1 is 1.33 bits per heavy atom. The summed E-state index contributed by atoms with van der Waals surface area (Å²) in [5, 5.41) is 0.791. The second-order valence-corrected chi connectivity index (χ2v) is 3.58. The first-order chi connectivity index (χ1) is 5.68. The van der Waals surface area contributed by atoms with Gasteiger partial charge in [0.2, 0.25) is 0 Å². The Hall–Kier alpha value is -0.530. The average Bonchev–Trinajstić information content (AvgIpc) is 2.03. The van der Waals surface area contributed by atoms with Gasteiger partial charge < -0.3 is 5.73 Å². The van der Waals surface area contributed by atoms with Crippen LogP contribution < -0.4 is 5.73 Å². The van der Waals surface area contributed by atoms with Gasteiger partial charge in [-0.2, -0.15) is 0 Å². The maximum atomic E-state index is 5.75. The van der Waals surface area contributed by atoms with Crippen LogP contribution in [-0.2, 0) is 6.42 Å². The predicted octanol–water partition coefficient (Wildman–Crippen LogP) is 2.62. The summed E-state index contributed by atoms with van der Waals surface area (Å²) in [7, 11) is 0. The first kappa shape index (κ1) is 9.56. The fourth-order valence-electron chi connectivity index (χ4n) is 1.05. The van der Waals surface area contributed by atoms with E-state index in [1.807, 2.05) is 31.2 Å². The molecular formula is C10H14ClN. The van der Waals surface area contributed by atoms with Crippen molar-refractivity contribution in [2.45, 2.75) is 25.8 Å². The van der Waals surface area contributed by atoms with Crippen molar-refractivity contribution in [2.75, 3.05) is 0 Å². The smallest absolute Gasteiger partial charge is 0.0406 e. The lowest BCUT2D eigenvalue weighted by Gasteiger charge is -2.04. The summed E-state index contributed by atoms with van der Waals surface area (Å²) in [4.78, 5) is 0. The van der Waals surface area contributed by atoms with Crippen LogP contribution in [0.25, 0.3) is 0 Å². The van der Waals surface area contributed by atoms with Crippen LogP contribution in [0.4, 0.5) is 0 Å². The Kier molecular flexibility index (Phi) is 3.57. The molecule has 1 rings (SSSR count). The molecular weight excluding hydrogens is 170 g/mol. The average molecular weight is 184 g/mol. The molecule has 12 heavy (non-hydrogen) atoms. The maximum absolute atomic E-state index is 5.75. The van der Waals surface area contributed by atoms with Crippen LogP contribution in [-0.4, -0.2) is 6.04 Å². The van der Waals surface area contributed by atoms with Gasteiger partial charge in [0, 0.05) is 11.1 Å². The van der Waals surface area contributed by atoms with E-state index < -0.39 is 0 Å². The molecule has 0 saturated heterocycles. The number of hydrogen-bond acceptors (Lipinski definition) is 1. The first-order valence-electron chi connectivity index (χ1n) is 4.18. The molecule has 66 valence electrons. The lowest BCUT2D eigenvalue weighted by Crippen LogP contribution is -2.15. The molecule has 0 saturated carbocycles. The van der Waals surface area contributed by atoms with Crippen LogP contribution in [0.2, 0.25) is 5.02 Å². The van der Waals surface area contributed by atoms with E-state index in [1.54, 1.807) is 0 Å². The zero-order chi connectivity index (χ0) is 8.97. The van der Waals surface area contributed by atoms with E-state index in [-0.39, 0.29) is 6.04 Å². The molecule has 0 aromatic heterocycles. The Morgan fingerprint density at radius 2 is 1.92 bits per heavy atom. The Labute approximate surface area is 78.5 Å². The van der Waals surface area contributed by atoms with Crippen molar-refractivity contribution in [1.82, 2.24) is 0 Å². The largest absolute Gasteiger partial charge is 0.328 e. The molecule has 2 N–H and O–H groups in total. The number of rotatable bonds is 3. The summed E-state index contributed by atoms with van der Waals surface area (Å²) in [6, 6.07) is 8.20. The van der Waals surface area contributed by atoms with Crippen molar-refractivity contribution < 1.29 is 0 Å². The van der Waals surface area contributed by atoms with Crippen molar-refractivity contribution in [3.05, 3.63) is 34.9 Å². The molecule has 0 aliphatic carbocycles. The normalized spacial score (nSPS) is 12.9. The Morgan fingerprint density at radius 3 is 2.42 bits per heavy atom. The third kappa shape index (κ3) is 3.24. The van der Waals surface area contributed by atoms with Crippen LogP contribution >= 0.6 is 11.6 Å². The minimum Gasteiger partial charge on any atom is -0.328 e. The summed E-state index contributed by atoms with van der Waals surface area (Å²) in [5.74, 6) is 0. The molecule has 1 atom stereocenters. The number of hydrogen-bond donors (Lipinski definition) is 1. The highest BCUT2D eigenvalue weighted by molar-refractivity contribution is 6.30. The van der Waals surface area contributed by atoms with Gasteiger partial charge in [-0.15, -0.1) is 0 Å². The summed E-state index contributed by atoms with van der Waals surface area (Å²) >= 11 is 5.75. The topological polar surface area (TPSA) is 26.0 Å². The number of benzene rings is 1. The molecule has 0 unspecified atom stereocenters. The highest BCUT2D eigenvalue weighted by atomic mass is 35.5. The van der Waals surface area contributed by atoms with Gasteiger partial charge in [-0.05, 0) is 37.5 Å². The molecule has 0 fully saturated rings. The highest BCUT2D eigenvalue weighted by Crippen LogP contribution is 2.11. The molecule has 2 heteroatoms. The molecule has 0 heterocycles. The van der Waals surface area contributed by atoms with Gasteiger partial charge in [-0.1, -0.05) is 23.7 Å². The van der Waals surface area contributed by atoms with Gasteiger partial charge in [0.1, 0.15) is 0 Å². The van der Waals surface area contributed by atoms with E-state index in [1.165, 1.54) is 5.56 Å². The fraction of sp³-hybridized carbons (Fsp3) is 0.400. The van der Waals surface area contributed by atoms with Gasteiger partial charge in [0.15, 0.2) is 0 Å². The number of aryl methyl sites for hydroxylation is 1. The lowest BCUT2D eigenvalue weighted by molar-refractivity contribution is 0.666. The quantitative estimate of drug-likeness (QED) is 0.766. The van der Waals surface area contributed by atoms with Gasteiger partial charge in [0.05, 0.1) is 0 Å². The fourth-order valence-corrected chi connectivity index (χ4v) is 1.17. The van der Waals surface area contributed by atoms with E-state index in [4.69, 9.17) is 17.3 Å². The second kappa shape index (κ2) is 4.48. The van der Waals surface area contributed by atoms with Crippen molar-refractivity contribution >= 4 is 11.6 Å².